The number of hydrogen-bond acceptors (Lipinski definition) is 3. The number of aromatic nitrogens is 1. The molecule has 1 aromatic heterocycles. The Morgan fingerprint density at radius 2 is 2.00 bits per heavy atom. The van der Waals surface area contributed by atoms with Crippen molar-refractivity contribution in [2.45, 2.75) is 25.3 Å². The highest BCUT2D eigenvalue weighted by Gasteiger charge is 2.30. The van der Waals surface area contributed by atoms with E-state index in [0.717, 1.165) is 42.6 Å². The van der Waals surface area contributed by atoms with Crippen LogP contribution in [-0.2, 0) is 12.8 Å². The first-order chi connectivity index (χ1) is 11.7. The lowest BCUT2D eigenvalue weighted by molar-refractivity contribution is 0.0632. The van der Waals surface area contributed by atoms with E-state index < -0.39 is 0 Å². The number of carbonyl (C=O) groups excluding carboxylic acids is 1. The molecule has 1 aromatic carbocycles. The summed E-state index contributed by atoms with van der Waals surface area (Å²) in [4.78, 5) is 30.2. The average Bonchev–Trinajstić information content (AvgIpc) is 3.08. The molecule has 0 spiro atoms. The van der Waals surface area contributed by atoms with Gasteiger partial charge in [-0.2, -0.15) is 0 Å². The van der Waals surface area contributed by atoms with E-state index >= 15 is 0 Å². The molecule has 0 radical (unpaired) electrons. The van der Waals surface area contributed by atoms with Crippen LogP contribution in [0.2, 0.25) is 0 Å². The molecule has 0 unspecified atom stereocenters. The molecule has 1 aliphatic carbocycles. The van der Waals surface area contributed by atoms with Crippen LogP contribution in [0.5, 0.6) is 0 Å². The van der Waals surface area contributed by atoms with E-state index in [1.54, 1.807) is 0 Å². The number of carbonyl (C=O) groups is 1. The molecule has 1 saturated heterocycles. The van der Waals surface area contributed by atoms with Gasteiger partial charge in [-0.05, 0) is 36.5 Å². The number of fused-ring (bicyclic) bond motifs is 1. The molecule has 4 rings (SSSR count). The van der Waals surface area contributed by atoms with Gasteiger partial charge in [-0.1, -0.05) is 30.3 Å². The van der Waals surface area contributed by atoms with E-state index in [1.165, 1.54) is 0 Å². The second kappa shape index (κ2) is 6.24. The minimum Gasteiger partial charge on any atom is -0.329 e. The topological polar surface area (TPSA) is 65.2 Å². The lowest BCUT2D eigenvalue weighted by atomic mass is 10.0. The smallest absolute Gasteiger partial charge is 0.261 e. The van der Waals surface area contributed by atoms with E-state index in [-0.39, 0.29) is 23.1 Å². The van der Waals surface area contributed by atoms with Gasteiger partial charge in [-0.3, -0.25) is 9.59 Å². The van der Waals surface area contributed by atoms with Crippen molar-refractivity contribution >= 4 is 5.91 Å². The normalized spacial score (nSPS) is 20.0. The van der Waals surface area contributed by atoms with Gasteiger partial charge in [0.1, 0.15) is 5.56 Å². The number of hydrogen-bond donors (Lipinski definition) is 2. The van der Waals surface area contributed by atoms with Crippen LogP contribution in [0.25, 0.3) is 0 Å². The summed E-state index contributed by atoms with van der Waals surface area (Å²) in [5.41, 5.74) is 3.22. The Kier molecular flexibility index (Phi) is 3.94. The Bertz CT molecular complexity index is 813. The standard InChI is InChI=1S/C19H21N3O2/c23-18-15(11-14-7-4-8-16(14)21-18)19(24)22-10-9-20-12-17(22)13-5-2-1-3-6-13/h1-3,5-6,11,17,20H,4,7-10,12H2,(H,21,23)/t17-/m1/s1. The van der Waals surface area contributed by atoms with Crippen molar-refractivity contribution in [2.75, 3.05) is 19.6 Å². The van der Waals surface area contributed by atoms with Crippen molar-refractivity contribution in [3.8, 4) is 0 Å². The summed E-state index contributed by atoms with van der Waals surface area (Å²) in [6.07, 6.45) is 2.89. The largest absolute Gasteiger partial charge is 0.329 e. The Hall–Kier alpha value is -2.40. The Morgan fingerprint density at radius 1 is 1.17 bits per heavy atom. The maximum absolute atomic E-state index is 13.1. The first-order valence-corrected chi connectivity index (χ1v) is 8.56. The lowest BCUT2D eigenvalue weighted by Crippen LogP contribution is -2.49. The fourth-order valence-electron chi connectivity index (χ4n) is 3.75. The monoisotopic (exact) mass is 323 g/mol. The zero-order valence-electron chi connectivity index (χ0n) is 13.5. The van der Waals surface area contributed by atoms with Crippen LogP contribution in [0.4, 0.5) is 0 Å². The lowest BCUT2D eigenvalue weighted by Gasteiger charge is -2.36. The van der Waals surface area contributed by atoms with Gasteiger partial charge in [0.2, 0.25) is 0 Å². The summed E-state index contributed by atoms with van der Waals surface area (Å²) in [7, 11) is 0. The third-order valence-corrected chi connectivity index (χ3v) is 5.01. The third-order valence-electron chi connectivity index (χ3n) is 5.01. The molecule has 1 fully saturated rings. The molecule has 1 aliphatic heterocycles. The molecule has 5 nitrogen and oxygen atoms in total. The highest BCUT2D eigenvalue weighted by Crippen LogP contribution is 2.25. The van der Waals surface area contributed by atoms with E-state index in [1.807, 2.05) is 41.3 Å². The van der Waals surface area contributed by atoms with Crippen LogP contribution in [-0.4, -0.2) is 35.4 Å². The van der Waals surface area contributed by atoms with Gasteiger partial charge < -0.3 is 15.2 Å². The molecule has 124 valence electrons. The number of nitrogens with zero attached hydrogens (tertiary/aromatic N) is 1. The Labute approximate surface area is 140 Å². The van der Waals surface area contributed by atoms with Crippen molar-refractivity contribution < 1.29 is 4.79 Å². The summed E-state index contributed by atoms with van der Waals surface area (Å²) in [6, 6.07) is 11.8. The molecular formula is C19H21N3O2. The zero-order valence-corrected chi connectivity index (χ0v) is 13.5. The fourth-order valence-corrected chi connectivity index (χ4v) is 3.75. The van der Waals surface area contributed by atoms with Crippen LogP contribution in [0.3, 0.4) is 0 Å². The minimum absolute atomic E-state index is 0.0416. The molecule has 2 N–H and O–H groups in total. The van der Waals surface area contributed by atoms with E-state index in [9.17, 15) is 9.59 Å². The van der Waals surface area contributed by atoms with Crippen molar-refractivity contribution in [3.63, 3.8) is 0 Å². The Balaban J connectivity index is 1.69. The molecule has 24 heavy (non-hydrogen) atoms. The van der Waals surface area contributed by atoms with Gasteiger partial charge in [-0.25, -0.2) is 0 Å². The van der Waals surface area contributed by atoms with Crippen molar-refractivity contribution in [1.29, 1.82) is 0 Å². The highest BCUT2D eigenvalue weighted by atomic mass is 16.2. The van der Waals surface area contributed by atoms with Gasteiger partial charge in [-0.15, -0.1) is 0 Å². The molecule has 1 amide bonds. The predicted octanol–water partition coefficient (Wildman–Crippen LogP) is 1.65. The van der Waals surface area contributed by atoms with Gasteiger partial charge >= 0.3 is 0 Å². The van der Waals surface area contributed by atoms with Crippen LogP contribution in [0.15, 0.2) is 41.2 Å². The summed E-state index contributed by atoms with van der Waals surface area (Å²) in [5.74, 6) is -0.165. The number of benzene rings is 1. The van der Waals surface area contributed by atoms with Gasteiger partial charge in [0.25, 0.3) is 11.5 Å². The van der Waals surface area contributed by atoms with Gasteiger partial charge in [0.05, 0.1) is 6.04 Å². The van der Waals surface area contributed by atoms with Crippen LogP contribution in [0, 0.1) is 0 Å². The number of nitrogens with one attached hydrogen (secondary N) is 2. The average molecular weight is 323 g/mol. The number of aryl methyl sites for hydroxylation is 2. The van der Waals surface area contributed by atoms with Crippen molar-refractivity contribution in [1.82, 2.24) is 15.2 Å². The number of aromatic amines is 1. The Morgan fingerprint density at radius 3 is 2.83 bits per heavy atom. The zero-order chi connectivity index (χ0) is 16.5. The molecule has 2 aliphatic rings. The molecule has 2 heterocycles. The summed E-state index contributed by atoms with van der Waals surface area (Å²) < 4.78 is 0. The summed E-state index contributed by atoms with van der Waals surface area (Å²) in [5, 5.41) is 3.35. The molecule has 0 bridgehead atoms. The van der Waals surface area contributed by atoms with Crippen molar-refractivity contribution in [2.24, 2.45) is 0 Å². The second-order valence-electron chi connectivity index (χ2n) is 6.50. The summed E-state index contributed by atoms with van der Waals surface area (Å²) in [6.45, 7) is 2.06. The minimum atomic E-state index is -0.258. The van der Waals surface area contributed by atoms with Gasteiger partial charge in [0.15, 0.2) is 0 Å². The SMILES string of the molecule is O=C(c1cc2c([nH]c1=O)CCC2)N1CCNC[C@@H]1c1ccccc1. The first-order valence-electron chi connectivity index (χ1n) is 8.56. The number of rotatable bonds is 2. The number of piperazine rings is 1. The molecule has 0 saturated carbocycles. The van der Waals surface area contributed by atoms with E-state index in [0.29, 0.717) is 13.1 Å². The van der Waals surface area contributed by atoms with Crippen molar-refractivity contribution in [3.05, 3.63) is 69.1 Å². The van der Waals surface area contributed by atoms with Crippen LogP contribution in [0.1, 0.15) is 39.6 Å². The second-order valence-corrected chi connectivity index (χ2v) is 6.50. The van der Waals surface area contributed by atoms with Crippen LogP contribution < -0.4 is 10.9 Å². The molecule has 1 atom stereocenters. The van der Waals surface area contributed by atoms with Gasteiger partial charge in [0, 0.05) is 25.3 Å². The van der Waals surface area contributed by atoms with E-state index in [2.05, 4.69) is 10.3 Å². The molecule has 5 heteroatoms. The summed E-state index contributed by atoms with van der Waals surface area (Å²) >= 11 is 0. The maximum atomic E-state index is 13.1. The molecular weight excluding hydrogens is 302 g/mol. The molecule has 2 aromatic rings. The predicted molar refractivity (Wildman–Crippen MR) is 92.2 cm³/mol. The number of pyridine rings is 1. The van der Waals surface area contributed by atoms with Crippen LogP contribution >= 0.6 is 0 Å². The fraction of sp³-hybridized carbons (Fsp3) is 0.368. The quantitative estimate of drug-likeness (QED) is 0.883. The highest BCUT2D eigenvalue weighted by molar-refractivity contribution is 5.94. The first kappa shape index (κ1) is 15.1. The number of H-pyrrole nitrogens is 1. The van der Waals surface area contributed by atoms with E-state index in [4.69, 9.17) is 0 Å². The number of amides is 1. The third kappa shape index (κ3) is 2.65. The maximum Gasteiger partial charge on any atom is 0.261 e.